The Balaban J connectivity index is 1.13. The third-order valence-corrected chi connectivity index (χ3v) is 32.6. The van der Waals surface area contributed by atoms with Gasteiger partial charge < -0.3 is 102 Å². The molecular weight excluding hydrogens is 1670 g/mol. The average Bonchev–Trinajstić information content (AvgIpc) is 0.662. The van der Waals surface area contributed by atoms with Gasteiger partial charge >= 0.3 is 35.2 Å². The first-order chi connectivity index (χ1) is 59.9. The van der Waals surface area contributed by atoms with Gasteiger partial charge in [0.15, 0.2) is 0 Å². The highest BCUT2D eigenvalue weighted by molar-refractivity contribution is 6.62. The van der Waals surface area contributed by atoms with Gasteiger partial charge in [0.2, 0.25) is 11.8 Å². The smallest absolute Gasteiger partial charge is 0.494 e. The zero-order valence-corrected chi connectivity index (χ0v) is 75.5. The second-order valence-electron chi connectivity index (χ2n) is 29.3. The number of rotatable bonds is 44. The standard InChI is InChI=1S/C88H98N6O26Si4/c1-53(2)81(83(95)91-55-33-37-89-38-34-55)93-85(97)65-49-69(117-61-25-17-57(18-26-61)113-41-45-121(101-5,102-6)103-7)75-77-71(119-63-29-21-59(22-30-63)115-43-47-123(107-11,108-12)109-13)51-67-74-68(88(100)94(87(67)99)82(54(3)4)84(96)92-56-35-39-90-40-36-56)52-72(120-64-31-23-60(24-32-64)116-44-48-124(110-14,111-15)112-16)78(80(74)77)76-70(50-66(86(93)98)73(65)79(75)76)118-62-27-19-58(20-28-62)114-42-46-122(104-8,105-9)106-10/h17-40,49-54,81-82H,41-48H2,1-16H3,(H,89,91,95)(H,90,92,96). The lowest BCUT2D eigenvalue weighted by molar-refractivity contribution is -0.121. The molecule has 124 heavy (non-hydrogen) atoms. The molecule has 2 aromatic heterocycles. The van der Waals surface area contributed by atoms with Gasteiger partial charge in [-0.1, -0.05) is 27.7 Å². The molecule has 2 aliphatic rings. The van der Waals surface area contributed by atoms with Crippen LogP contribution >= 0.6 is 0 Å². The topological polar surface area (TPSA) is 343 Å². The van der Waals surface area contributed by atoms with Crippen molar-refractivity contribution in [3.8, 4) is 69.0 Å². The molecule has 652 valence electrons. The van der Waals surface area contributed by atoms with Crippen molar-refractivity contribution in [1.29, 1.82) is 0 Å². The number of aromatic nitrogens is 2. The number of nitrogens with one attached hydrogen (secondary N) is 2. The van der Waals surface area contributed by atoms with Crippen molar-refractivity contribution in [3.05, 3.63) is 193 Å². The molecule has 2 atom stereocenters. The molecule has 0 radical (unpaired) electrons. The molecule has 0 saturated heterocycles. The molecule has 32 nitrogen and oxygen atoms in total. The Morgan fingerprint density at radius 3 is 0.694 bits per heavy atom. The molecule has 4 heterocycles. The number of amides is 6. The van der Waals surface area contributed by atoms with Gasteiger partial charge in [0, 0.05) is 165 Å². The maximum absolute atomic E-state index is 16.6. The number of hydrogen-bond donors (Lipinski definition) is 2. The van der Waals surface area contributed by atoms with Crippen LogP contribution in [0, 0.1) is 11.8 Å². The van der Waals surface area contributed by atoms with Gasteiger partial charge in [-0.15, -0.1) is 0 Å². The molecule has 2 aliphatic heterocycles. The Hall–Kier alpha value is -11.4. The van der Waals surface area contributed by atoms with Crippen molar-refractivity contribution in [1.82, 2.24) is 19.8 Å². The molecule has 6 amide bonds. The highest BCUT2D eigenvalue weighted by atomic mass is 28.4. The van der Waals surface area contributed by atoms with E-state index in [9.17, 15) is 0 Å². The van der Waals surface area contributed by atoms with E-state index in [2.05, 4.69) is 20.6 Å². The van der Waals surface area contributed by atoms with Crippen LogP contribution in [0.1, 0.15) is 69.1 Å². The van der Waals surface area contributed by atoms with E-state index in [4.69, 9.17) is 91.0 Å². The molecule has 13 rings (SSSR count). The highest BCUT2D eigenvalue weighted by Gasteiger charge is 2.49. The van der Waals surface area contributed by atoms with E-state index < -0.39 is 94.6 Å². The largest absolute Gasteiger partial charge is 0.503 e. The van der Waals surface area contributed by atoms with E-state index in [1.165, 1.54) is 134 Å². The zero-order chi connectivity index (χ0) is 88.4. The van der Waals surface area contributed by atoms with E-state index >= 15 is 28.8 Å². The van der Waals surface area contributed by atoms with Gasteiger partial charge in [0.05, 0.1) is 72.9 Å². The maximum atomic E-state index is 16.6. The van der Waals surface area contributed by atoms with Crippen LogP contribution in [0.5, 0.6) is 69.0 Å². The zero-order valence-electron chi connectivity index (χ0n) is 71.5. The molecule has 11 aromatic rings. The number of pyridine rings is 2. The number of ether oxygens (including phenoxy) is 8. The summed E-state index contributed by atoms with van der Waals surface area (Å²) in [5.41, 5.74) is 0.257. The predicted molar refractivity (Wildman–Crippen MR) is 466 cm³/mol. The van der Waals surface area contributed by atoms with Crippen molar-refractivity contribution in [3.63, 3.8) is 0 Å². The summed E-state index contributed by atoms with van der Waals surface area (Å²) in [5, 5.41) is 6.78. The van der Waals surface area contributed by atoms with Crippen LogP contribution in [0.25, 0.3) is 43.1 Å². The lowest BCUT2D eigenvalue weighted by Crippen LogP contribution is -2.54. The molecule has 2 unspecified atom stereocenters. The summed E-state index contributed by atoms with van der Waals surface area (Å²) < 4.78 is 123. The van der Waals surface area contributed by atoms with Gasteiger partial charge in [-0.3, -0.25) is 48.5 Å². The van der Waals surface area contributed by atoms with E-state index in [0.29, 0.717) is 34.4 Å². The first-order valence-corrected chi connectivity index (χ1v) is 47.4. The molecule has 2 N–H and O–H groups in total. The summed E-state index contributed by atoms with van der Waals surface area (Å²) in [6.45, 7) is 7.38. The predicted octanol–water partition coefficient (Wildman–Crippen LogP) is 15.2. The second kappa shape index (κ2) is 39.2. The summed E-state index contributed by atoms with van der Waals surface area (Å²) in [6, 6.07) is 37.2. The first-order valence-electron chi connectivity index (χ1n) is 39.7. The Kier molecular flexibility index (Phi) is 28.6. The van der Waals surface area contributed by atoms with Crippen molar-refractivity contribution >= 4 is 125 Å². The lowest BCUT2D eigenvalue weighted by atomic mass is 9.80. The Labute approximate surface area is 720 Å². The number of hydrogen-bond acceptors (Lipinski definition) is 28. The normalized spacial score (nSPS) is 13.7. The minimum atomic E-state index is -3.10. The van der Waals surface area contributed by atoms with Crippen LogP contribution in [0.15, 0.2) is 170 Å². The number of fused-ring (bicyclic) bond motifs is 2. The summed E-state index contributed by atoms with van der Waals surface area (Å²) in [6.07, 6.45) is 5.98. The van der Waals surface area contributed by atoms with E-state index in [1.807, 2.05) is 0 Å². The summed E-state index contributed by atoms with van der Waals surface area (Å²) in [4.78, 5) is 107. The quantitative estimate of drug-likeness (QED) is 0.0155. The number of anilines is 2. The molecule has 0 spiro atoms. The number of imide groups is 2. The van der Waals surface area contributed by atoms with Crippen LogP contribution < -0.4 is 48.5 Å². The summed E-state index contributed by atoms with van der Waals surface area (Å²) >= 11 is 0. The van der Waals surface area contributed by atoms with Gasteiger partial charge in [-0.2, -0.15) is 0 Å². The summed E-state index contributed by atoms with van der Waals surface area (Å²) in [5.74, 6) is -4.26. The van der Waals surface area contributed by atoms with Crippen molar-refractivity contribution in [2.75, 3.05) is 122 Å². The fourth-order valence-electron chi connectivity index (χ4n) is 15.4. The van der Waals surface area contributed by atoms with Gasteiger partial charge in [-0.05, 0) is 157 Å². The molecule has 0 fully saturated rings. The van der Waals surface area contributed by atoms with Crippen LogP contribution in [-0.4, -0.2) is 214 Å². The van der Waals surface area contributed by atoms with E-state index in [1.54, 1.807) is 149 Å². The minimum absolute atomic E-state index is 0.0597. The fraction of sp³-hybridized carbons (Fsp3) is 0.318. The molecule has 9 aromatic carbocycles. The van der Waals surface area contributed by atoms with E-state index in [-0.39, 0.29) is 162 Å². The van der Waals surface area contributed by atoms with Gasteiger partial charge in [-0.25, -0.2) is 0 Å². The number of nitrogens with zero attached hydrogens (tertiary/aromatic N) is 4. The minimum Gasteiger partial charge on any atom is -0.494 e. The molecule has 0 aliphatic carbocycles. The maximum Gasteiger partial charge on any atom is 0.503 e. The van der Waals surface area contributed by atoms with Crippen molar-refractivity contribution in [2.24, 2.45) is 11.8 Å². The SMILES string of the molecule is CO[Si](CCOc1ccc(Oc2cc3c4c(cc(Oc5ccc(OCC[Si](OC)(OC)OC)cc5)c5c6c(Oc7ccc(OCC[Si](OC)(OC)OC)cc7)cc7c8c(cc(Oc9ccc(OCC[Si](OC)(OC)OC)cc9)c(c2c45)c86)C(=O)N(C(C(=O)Nc2ccncc2)C(C)C)C7=O)C(=O)N(C(C(=O)Nc2ccncc2)C(C)C)C3=O)cc1)(OC)OC. The Morgan fingerprint density at radius 1 is 0.298 bits per heavy atom. The first kappa shape index (κ1) is 90.3. The molecular formula is C88H98N6O26Si4. The van der Waals surface area contributed by atoms with Crippen molar-refractivity contribution < 1.29 is 120 Å². The molecule has 0 saturated carbocycles. The van der Waals surface area contributed by atoms with Crippen molar-refractivity contribution in [2.45, 2.75) is 64.0 Å². The van der Waals surface area contributed by atoms with Crippen LogP contribution in [0.2, 0.25) is 24.2 Å². The number of carbonyl (C=O) groups is 6. The number of benzene rings is 9. The third-order valence-electron chi connectivity index (χ3n) is 21.9. The van der Waals surface area contributed by atoms with Crippen LogP contribution in [0.4, 0.5) is 11.4 Å². The summed E-state index contributed by atoms with van der Waals surface area (Å²) in [7, 11) is 5.71. The third kappa shape index (κ3) is 18.4. The molecule has 0 bridgehead atoms. The highest BCUT2D eigenvalue weighted by Crippen LogP contribution is 2.59. The van der Waals surface area contributed by atoms with E-state index in [0.717, 1.165) is 9.80 Å². The lowest BCUT2D eigenvalue weighted by Gasteiger charge is -2.37. The van der Waals surface area contributed by atoms with Gasteiger partial charge in [0.25, 0.3) is 23.6 Å². The monoisotopic (exact) mass is 1770 g/mol. The fourth-order valence-corrected chi connectivity index (χ4v) is 21.3. The van der Waals surface area contributed by atoms with Gasteiger partial charge in [0.1, 0.15) is 81.1 Å². The Morgan fingerprint density at radius 2 is 0.500 bits per heavy atom. The average molecular weight is 1770 g/mol. The Bertz CT molecular complexity index is 5010. The van der Waals surface area contributed by atoms with Crippen LogP contribution in [0.3, 0.4) is 0 Å². The van der Waals surface area contributed by atoms with Crippen LogP contribution in [-0.2, 0) is 62.7 Å². The molecule has 36 heteroatoms. The second-order valence-corrected chi connectivity index (χ2v) is 41.7. The number of carbonyl (C=O) groups excluding carboxylic acids is 6.